The van der Waals surface area contributed by atoms with Gasteiger partial charge in [0, 0.05) is 0 Å². The van der Waals surface area contributed by atoms with Gasteiger partial charge in [0.15, 0.2) is 0 Å². The molecule has 1 heterocycles. The number of hydrogen-bond acceptors (Lipinski definition) is 4. The van der Waals surface area contributed by atoms with Gasteiger partial charge in [-0.15, -0.1) is 0 Å². The highest BCUT2D eigenvalue weighted by Crippen LogP contribution is 2.72. The van der Waals surface area contributed by atoms with Crippen molar-refractivity contribution in [2.75, 3.05) is 14.2 Å². The van der Waals surface area contributed by atoms with E-state index in [1.807, 2.05) is 13.1 Å². The molecule has 4 heteroatoms. The molecule has 3 aliphatic rings. The molecule has 4 nitrogen and oxygen atoms in total. The predicted octanol–water partition coefficient (Wildman–Crippen LogP) is 2.62. The molecule has 5 unspecified atom stereocenters. The van der Waals surface area contributed by atoms with E-state index in [-0.39, 0.29) is 6.04 Å². The first-order valence-corrected chi connectivity index (χ1v) is 7.60. The van der Waals surface area contributed by atoms with Crippen LogP contribution < -0.4 is 5.32 Å². The smallest absolute Gasteiger partial charge is 0.373 e. The van der Waals surface area contributed by atoms with Crippen LogP contribution in [0.15, 0.2) is 16.5 Å². The van der Waals surface area contributed by atoms with Gasteiger partial charge in [0.2, 0.25) is 5.76 Å². The van der Waals surface area contributed by atoms with Crippen molar-refractivity contribution in [2.24, 2.45) is 29.6 Å². The lowest BCUT2D eigenvalue weighted by molar-refractivity contribution is 0.0561. The topological polar surface area (TPSA) is 51.5 Å². The minimum atomic E-state index is -0.401. The second-order valence-electron chi connectivity index (χ2n) is 6.53. The third-order valence-electron chi connectivity index (χ3n) is 5.81. The maximum atomic E-state index is 11.5. The van der Waals surface area contributed by atoms with E-state index in [0.29, 0.717) is 11.7 Å². The number of hydrogen-bond donors (Lipinski definition) is 1. The van der Waals surface area contributed by atoms with Crippen LogP contribution in [0.4, 0.5) is 0 Å². The van der Waals surface area contributed by atoms with Gasteiger partial charge in [-0.05, 0) is 68.0 Å². The van der Waals surface area contributed by atoms with Crippen LogP contribution in [0, 0.1) is 29.6 Å². The SMILES string of the molecule is CNC(c1ccc(C(=O)OC)o1)C1C2C3CCC(C3)C21. The molecule has 3 fully saturated rings. The van der Waals surface area contributed by atoms with Crippen molar-refractivity contribution in [2.45, 2.75) is 25.3 Å². The zero-order valence-electron chi connectivity index (χ0n) is 12.0. The Morgan fingerprint density at radius 2 is 2.05 bits per heavy atom. The van der Waals surface area contributed by atoms with Crippen molar-refractivity contribution in [3.8, 4) is 0 Å². The Bertz CT molecular complexity index is 522. The molecule has 1 aromatic heterocycles. The molecule has 4 rings (SSSR count). The van der Waals surface area contributed by atoms with Crippen molar-refractivity contribution >= 4 is 5.97 Å². The Kier molecular flexibility index (Phi) is 2.71. The van der Waals surface area contributed by atoms with Crippen LogP contribution in [0.25, 0.3) is 0 Å². The van der Waals surface area contributed by atoms with E-state index in [9.17, 15) is 4.79 Å². The highest BCUT2D eigenvalue weighted by atomic mass is 16.5. The molecule has 0 aromatic carbocycles. The number of fused-ring (bicyclic) bond motifs is 5. The molecule has 20 heavy (non-hydrogen) atoms. The first-order chi connectivity index (χ1) is 9.74. The van der Waals surface area contributed by atoms with Crippen LogP contribution >= 0.6 is 0 Å². The summed E-state index contributed by atoms with van der Waals surface area (Å²) in [5.74, 6) is 5.14. The first-order valence-electron chi connectivity index (χ1n) is 7.60. The lowest BCUT2D eigenvalue weighted by Crippen LogP contribution is -2.21. The molecule has 1 N–H and O–H groups in total. The molecule has 0 saturated heterocycles. The Balaban J connectivity index is 1.55. The maximum absolute atomic E-state index is 11.5. The van der Waals surface area contributed by atoms with Gasteiger partial charge in [0.1, 0.15) is 5.76 Å². The predicted molar refractivity (Wildman–Crippen MR) is 73.1 cm³/mol. The van der Waals surface area contributed by atoms with Crippen molar-refractivity contribution < 1.29 is 13.9 Å². The second-order valence-corrected chi connectivity index (χ2v) is 6.53. The summed E-state index contributed by atoms with van der Waals surface area (Å²) in [5.41, 5.74) is 0. The molecule has 0 amide bonds. The molecular formula is C16H21NO3. The lowest BCUT2D eigenvalue weighted by Gasteiger charge is -2.17. The van der Waals surface area contributed by atoms with Gasteiger partial charge in [0.05, 0.1) is 13.2 Å². The fraction of sp³-hybridized carbons (Fsp3) is 0.688. The number of rotatable bonds is 4. The van der Waals surface area contributed by atoms with Gasteiger partial charge in [0.25, 0.3) is 0 Å². The minimum Gasteiger partial charge on any atom is -0.463 e. The summed E-state index contributed by atoms with van der Waals surface area (Å²) in [6, 6.07) is 3.88. The Morgan fingerprint density at radius 3 is 2.65 bits per heavy atom. The number of nitrogens with one attached hydrogen (secondary N) is 1. The molecule has 0 aliphatic heterocycles. The van der Waals surface area contributed by atoms with E-state index < -0.39 is 5.97 Å². The fourth-order valence-corrected chi connectivity index (χ4v) is 5.09. The quantitative estimate of drug-likeness (QED) is 0.858. The van der Waals surface area contributed by atoms with Gasteiger partial charge in [-0.25, -0.2) is 4.79 Å². The third-order valence-corrected chi connectivity index (χ3v) is 5.81. The van der Waals surface area contributed by atoms with E-state index >= 15 is 0 Å². The molecule has 3 aliphatic carbocycles. The van der Waals surface area contributed by atoms with E-state index in [4.69, 9.17) is 9.15 Å². The van der Waals surface area contributed by atoms with Crippen LogP contribution in [0.1, 0.15) is 41.6 Å². The average Bonchev–Trinajstić information content (AvgIpc) is 2.90. The summed E-state index contributed by atoms with van der Waals surface area (Å²) in [4.78, 5) is 11.5. The van der Waals surface area contributed by atoms with Gasteiger partial charge < -0.3 is 14.5 Å². The van der Waals surface area contributed by atoms with Gasteiger partial charge in [-0.3, -0.25) is 0 Å². The van der Waals surface area contributed by atoms with Crippen LogP contribution in [0.5, 0.6) is 0 Å². The van der Waals surface area contributed by atoms with E-state index in [0.717, 1.165) is 29.4 Å². The number of carbonyl (C=O) groups excluding carboxylic acids is 1. The molecule has 1 aromatic rings. The van der Waals surface area contributed by atoms with E-state index in [1.54, 1.807) is 6.07 Å². The summed E-state index contributed by atoms with van der Waals surface area (Å²) in [5, 5.41) is 3.40. The molecule has 108 valence electrons. The average molecular weight is 275 g/mol. The highest BCUT2D eigenvalue weighted by Gasteiger charge is 2.67. The second kappa shape index (κ2) is 4.35. The molecule has 3 saturated carbocycles. The zero-order chi connectivity index (χ0) is 13.9. The molecule has 5 atom stereocenters. The normalized spacial score (nSPS) is 38.6. The monoisotopic (exact) mass is 275 g/mol. The van der Waals surface area contributed by atoms with Crippen LogP contribution in [0.2, 0.25) is 0 Å². The largest absolute Gasteiger partial charge is 0.463 e. The van der Waals surface area contributed by atoms with Crippen molar-refractivity contribution in [3.05, 3.63) is 23.7 Å². The molecule has 0 spiro atoms. The van der Waals surface area contributed by atoms with Crippen LogP contribution in [-0.4, -0.2) is 20.1 Å². The molecular weight excluding hydrogens is 254 g/mol. The highest BCUT2D eigenvalue weighted by molar-refractivity contribution is 5.86. The summed E-state index contributed by atoms with van der Waals surface area (Å²) in [6.07, 6.45) is 4.29. The van der Waals surface area contributed by atoms with E-state index in [1.165, 1.54) is 26.4 Å². The summed E-state index contributed by atoms with van der Waals surface area (Å²) >= 11 is 0. The van der Waals surface area contributed by atoms with Gasteiger partial charge in [-0.2, -0.15) is 0 Å². The standard InChI is InChI=1S/C16H21NO3/c1-17-15(10-5-6-11(20-10)16(18)19-2)14-12-8-3-4-9(7-8)13(12)14/h5-6,8-9,12-15,17H,3-4,7H2,1-2H3. The Hall–Kier alpha value is -1.29. The van der Waals surface area contributed by atoms with Crippen molar-refractivity contribution in [1.29, 1.82) is 0 Å². The molecule has 0 radical (unpaired) electrons. The van der Waals surface area contributed by atoms with Crippen LogP contribution in [0.3, 0.4) is 0 Å². The summed E-state index contributed by atoms with van der Waals surface area (Å²) in [7, 11) is 3.37. The minimum absolute atomic E-state index is 0.242. The van der Waals surface area contributed by atoms with Gasteiger partial charge in [-0.1, -0.05) is 0 Å². The Labute approximate surface area is 118 Å². The summed E-state index contributed by atoms with van der Waals surface area (Å²) < 4.78 is 10.4. The number of carbonyl (C=O) groups is 1. The number of methoxy groups -OCH3 is 1. The fourth-order valence-electron chi connectivity index (χ4n) is 5.09. The lowest BCUT2D eigenvalue weighted by atomic mass is 9.96. The Morgan fingerprint density at radius 1 is 1.35 bits per heavy atom. The molecule has 2 bridgehead atoms. The number of furan rings is 1. The van der Waals surface area contributed by atoms with Crippen LogP contribution in [-0.2, 0) is 4.74 Å². The third kappa shape index (κ3) is 1.60. The first kappa shape index (κ1) is 12.5. The van der Waals surface area contributed by atoms with Gasteiger partial charge >= 0.3 is 5.97 Å². The number of ether oxygens (including phenoxy) is 1. The van der Waals surface area contributed by atoms with E-state index in [2.05, 4.69) is 5.32 Å². The number of esters is 1. The zero-order valence-corrected chi connectivity index (χ0v) is 12.0. The maximum Gasteiger partial charge on any atom is 0.373 e. The van der Waals surface area contributed by atoms with Crippen molar-refractivity contribution in [1.82, 2.24) is 5.32 Å². The summed E-state index contributed by atoms with van der Waals surface area (Å²) in [6.45, 7) is 0. The van der Waals surface area contributed by atoms with Crippen molar-refractivity contribution in [3.63, 3.8) is 0 Å².